The summed E-state index contributed by atoms with van der Waals surface area (Å²) in [6, 6.07) is 10.9. The third kappa shape index (κ3) is 4.24. The van der Waals surface area contributed by atoms with Crippen molar-refractivity contribution in [1.29, 1.82) is 0 Å². The number of carbonyl (C=O) groups is 1. The molecule has 0 bridgehead atoms. The molecule has 1 heterocycles. The smallest absolute Gasteiger partial charge is 0.262 e. The summed E-state index contributed by atoms with van der Waals surface area (Å²) < 4.78 is 5.41. The quantitative estimate of drug-likeness (QED) is 0.860. The van der Waals surface area contributed by atoms with Crippen molar-refractivity contribution in [1.82, 2.24) is 4.98 Å². The molecule has 2 rings (SSSR count). The molecule has 0 radical (unpaired) electrons. The van der Waals surface area contributed by atoms with Gasteiger partial charge in [-0.25, -0.2) is 4.98 Å². The van der Waals surface area contributed by atoms with Gasteiger partial charge in [0.25, 0.3) is 5.91 Å². The van der Waals surface area contributed by atoms with Crippen LogP contribution in [0.1, 0.15) is 12.5 Å². The van der Waals surface area contributed by atoms with Gasteiger partial charge < -0.3 is 10.1 Å². The Morgan fingerprint density at radius 1 is 1.30 bits per heavy atom. The van der Waals surface area contributed by atoms with Crippen LogP contribution in [-0.2, 0) is 11.2 Å². The highest BCUT2D eigenvalue weighted by Gasteiger charge is 2.04. The number of nitrogens with zero attached hydrogens (tertiary/aromatic N) is 1. The van der Waals surface area contributed by atoms with Crippen LogP contribution in [0.5, 0.6) is 5.75 Å². The Labute approximate surface area is 122 Å². The van der Waals surface area contributed by atoms with Crippen molar-refractivity contribution in [2.24, 2.45) is 0 Å². The predicted octanol–water partition coefficient (Wildman–Crippen LogP) is 3.31. The number of aromatic nitrogens is 1. The number of pyridine rings is 1. The topological polar surface area (TPSA) is 51.2 Å². The van der Waals surface area contributed by atoms with Gasteiger partial charge in [-0.05, 0) is 36.2 Å². The molecule has 0 saturated heterocycles. The zero-order valence-corrected chi connectivity index (χ0v) is 11.9. The number of anilines is 1. The maximum Gasteiger partial charge on any atom is 0.262 e. The fourth-order valence-electron chi connectivity index (χ4n) is 1.65. The molecular formula is C15H15ClN2O2. The average Bonchev–Trinajstić information content (AvgIpc) is 2.46. The number of hydrogen-bond acceptors (Lipinski definition) is 3. The number of nitrogens with one attached hydrogen (secondary N) is 1. The molecular weight excluding hydrogens is 276 g/mol. The van der Waals surface area contributed by atoms with Crippen molar-refractivity contribution >= 4 is 23.2 Å². The monoisotopic (exact) mass is 290 g/mol. The van der Waals surface area contributed by atoms with E-state index in [0.29, 0.717) is 16.6 Å². The molecule has 1 aromatic heterocycles. The van der Waals surface area contributed by atoms with E-state index in [2.05, 4.69) is 17.2 Å². The average molecular weight is 291 g/mol. The molecule has 2 aromatic rings. The summed E-state index contributed by atoms with van der Waals surface area (Å²) >= 11 is 5.74. The van der Waals surface area contributed by atoms with E-state index in [9.17, 15) is 4.79 Å². The van der Waals surface area contributed by atoms with Crippen molar-refractivity contribution < 1.29 is 9.53 Å². The summed E-state index contributed by atoms with van der Waals surface area (Å²) in [4.78, 5) is 15.6. The maximum absolute atomic E-state index is 11.7. The molecule has 1 amide bonds. The van der Waals surface area contributed by atoms with Crippen molar-refractivity contribution in [2.45, 2.75) is 13.3 Å². The van der Waals surface area contributed by atoms with Crippen LogP contribution in [0.25, 0.3) is 0 Å². The minimum atomic E-state index is -0.244. The van der Waals surface area contributed by atoms with Crippen molar-refractivity contribution in [3.63, 3.8) is 0 Å². The van der Waals surface area contributed by atoms with Crippen LogP contribution >= 0.6 is 11.6 Å². The van der Waals surface area contributed by atoms with Crippen LogP contribution < -0.4 is 10.1 Å². The zero-order valence-electron chi connectivity index (χ0n) is 11.1. The third-order valence-electron chi connectivity index (χ3n) is 2.71. The molecule has 0 spiro atoms. The summed E-state index contributed by atoms with van der Waals surface area (Å²) in [6.45, 7) is 2.04. The van der Waals surface area contributed by atoms with Crippen molar-refractivity contribution in [3.05, 3.63) is 53.3 Å². The maximum atomic E-state index is 11.7. The van der Waals surface area contributed by atoms with E-state index in [0.717, 1.165) is 6.42 Å². The summed E-state index contributed by atoms with van der Waals surface area (Å²) in [6.07, 6.45) is 2.51. The first kappa shape index (κ1) is 14.3. The van der Waals surface area contributed by atoms with Gasteiger partial charge in [-0.1, -0.05) is 30.7 Å². The molecule has 20 heavy (non-hydrogen) atoms. The fraction of sp³-hybridized carbons (Fsp3) is 0.200. The number of aryl methyl sites for hydroxylation is 1. The minimum absolute atomic E-state index is 0.0502. The molecule has 1 N–H and O–H groups in total. The predicted molar refractivity (Wildman–Crippen MR) is 79.2 cm³/mol. The molecule has 0 atom stereocenters. The molecule has 0 aliphatic rings. The Balaban J connectivity index is 1.85. The Bertz CT molecular complexity index is 585. The first-order valence-corrected chi connectivity index (χ1v) is 6.68. The van der Waals surface area contributed by atoms with Gasteiger partial charge in [-0.3, -0.25) is 4.79 Å². The van der Waals surface area contributed by atoms with Gasteiger partial charge in [-0.2, -0.15) is 0 Å². The number of hydrogen-bond donors (Lipinski definition) is 1. The summed E-state index contributed by atoms with van der Waals surface area (Å²) in [7, 11) is 0. The molecule has 104 valence electrons. The van der Waals surface area contributed by atoms with Crippen LogP contribution in [-0.4, -0.2) is 17.5 Å². The van der Waals surface area contributed by atoms with Crippen LogP contribution in [0.2, 0.25) is 5.15 Å². The number of benzene rings is 1. The molecule has 0 unspecified atom stereocenters. The standard InChI is InChI=1S/C15H15ClN2O2/c1-2-11-3-5-13(6-4-11)20-10-15(19)18-12-7-8-17-14(16)9-12/h3-9H,2,10H2,1H3,(H,17,18,19). The zero-order chi connectivity index (χ0) is 14.4. The van der Waals surface area contributed by atoms with Crippen molar-refractivity contribution in [2.75, 3.05) is 11.9 Å². The van der Waals surface area contributed by atoms with Gasteiger partial charge in [0.1, 0.15) is 10.9 Å². The van der Waals surface area contributed by atoms with Gasteiger partial charge in [0.2, 0.25) is 0 Å². The van der Waals surface area contributed by atoms with E-state index in [4.69, 9.17) is 16.3 Å². The third-order valence-corrected chi connectivity index (χ3v) is 2.92. The SMILES string of the molecule is CCc1ccc(OCC(=O)Nc2ccnc(Cl)c2)cc1. The molecule has 0 aliphatic carbocycles. The van der Waals surface area contributed by atoms with E-state index in [1.165, 1.54) is 11.8 Å². The summed E-state index contributed by atoms with van der Waals surface area (Å²) in [5.74, 6) is 0.428. The first-order chi connectivity index (χ1) is 9.67. The Morgan fingerprint density at radius 2 is 2.05 bits per heavy atom. The van der Waals surface area contributed by atoms with Crippen LogP contribution in [0, 0.1) is 0 Å². The number of ether oxygens (including phenoxy) is 1. The second-order valence-electron chi connectivity index (χ2n) is 4.20. The van der Waals surface area contributed by atoms with Crippen LogP contribution in [0.3, 0.4) is 0 Å². The lowest BCUT2D eigenvalue weighted by atomic mass is 10.2. The molecule has 4 nitrogen and oxygen atoms in total. The van der Waals surface area contributed by atoms with E-state index >= 15 is 0 Å². The van der Waals surface area contributed by atoms with Gasteiger partial charge in [0.15, 0.2) is 6.61 Å². The molecule has 0 aliphatic heterocycles. The first-order valence-electron chi connectivity index (χ1n) is 6.30. The van der Waals surface area contributed by atoms with Gasteiger partial charge in [0.05, 0.1) is 0 Å². The molecule has 5 heteroatoms. The second kappa shape index (κ2) is 6.91. The lowest BCUT2D eigenvalue weighted by Gasteiger charge is -2.08. The lowest BCUT2D eigenvalue weighted by molar-refractivity contribution is -0.118. The number of carbonyl (C=O) groups excluding carboxylic acids is 1. The number of amides is 1. The summed E-state index contributed by atoms with van der Waals surface area (Å²) in [5.41, 5.74) is 1.83. The minimum Gasteiger partial charge on any atom is -0.484 e. The lowest BCUT2D eigenvalue weighted by Crippen LogP contribution is -2.20. The molecule has 0 fully saturated rings. The second-order valence-corrected chi connectivity index (χ2v) is 4.59. The van der Waals surface area contributed by atoms with Gasteiger partial charge in [0, 0.05) is 11.9 Å². The highest BCUT2D eigenvalue weighted by Crippen LogP contribution is 2.14. The van der Waals surface area contributed by atoms with Crippen molar-refractivity contribution in [3.8, 4) is 5.75 Å². The van der Waals surface area contributed by atoms with Crippen LogP contribution in [0.4, 0.5) is 5.69 Å². The Morgan fingerprint density at radius 3 is 2.70 bits per heavy atom. The van der Waals surface area contributed by atoms with E-state index in [1.807, 2.05) is 24.3 Å². The highest BCUT2D eigenvalue weighted by molar-refractivity contribution is 6.29. The highest BCUT2D eigenvalue weighted by atomic mass is 35.5. The van der Waals surface area contributed by atoms with E-state index < -0.39 is 0 Å². The van der Waals surface area contributed by atoms with E-state index in [1.54, 1.807) is 12.1 Å². The Kier molecular flexibility index (Phi) is 4.96. The molecule has 0 saturated carbocycles. The Hall–Kier alpha value is -2.07. The molecule has 1 aromatic carbocycles. The largest absolute Gasteiger partial charge is 0.484 e. The number of rotatable bonds is 5. The normalized spacial score (nSPS) is 10.1. The van der Waals surface area contributed by atoms with Gasteiger partial charge >= 0.3 is 0 Å². The summed E-state index contributed by atoms with van der Waals surface area (Å²) in [5, 5.41) is 3.02. The van der Waals surface area contributed by atoms with Gasteiger partial charge in [-0.15, -0.1) is 0 Å². The van der Waals surface area contributed by atoms with Crippen LogP contribution in [0.15, 0.2) is 42.6 Å². The fourth-order valence-corrected chi connectivity index (χ4v) is 1.82. The van der Waals surface area contributed by atoms with E-state index in [-0.39, 0.29) is 12.5 Å². The number of halogens is 1.